The summed E-state index contributed by atoms with van der Waals surface area (Å²) in [6, 6.07) is 0. The van der Waals surface area contributed by atoms with Gasteiger partial charge in [0, 0.05) is 95.9 Å². The molecule has 0 aromatic heterocycles. The zero-order valence-corrected chi connectivity index (χ0v) is 64.0. The molecule has 0 aliphatic carbocycles. The molecule has 6 N–H and O–H groups in total. The molecule has 2 atom stereocenters. The first-order valence-corrected chi connectivity index (χ1v) is 40.0. The summed E-state index contributed by atoms with van der Waals surface area (Å²) in [6.07, 6.45) is 37.6. The van der Waals surface area contributed by atoms with Gasteiger partial charge in [0.25, 0.3) is 11.8 Å². The summed E-state index contributed by atoms with van der Waals surface area (Å²) in [7, 11) is -4.72. The maximum atomic E-state index is 13.0. The van der Waals surface area contributed by atoms with Crippen LogP contribution >= 0.6 is 7.82 Å². The number of allylic oxidation sites excluding steroid dienone is 4. The van der Waals surface area contributed by atoms with Gasteiger partial charge in [0.05, 0.1) is 32.8 Å². The molecular weight excluding hydrogens is 1400 g/mol. The van der Waals surface area contributed by atoms with Gasteiger partial charge in [-0.1, -0.05) is 141 Å². The predicted octanol–water partition coefficient (Wildman–Crippen LogP) is 10.1. The topological polar surface area (TPSA) is 417 Å². The summed E-state index contributed by atoms with van der Waals surface area (Å²) in [5.74, 6) is -10.8. The number of hydrogen-bond donors (Lipinski definition) is 6. The molecule has 0 saturated carbocycles. The second-order valence-corrected chi connectivity index (χ2v) is 28.2. The molecule has 0 aromatic rings. The number of carboxylic acids is 2. The first-order valence-electron chi connectivity index (χ1n) is 38.5. The van der Waals surface area contributed by atoms with E-state index in [4.69, 9.17) is 18.5 Å². The highest BCUT2D eigenvalue weighted by molar-refractivity contribution is 7.47. The first kappa shape index (κ1) is 96.4. The number of nitrogens with one attached hydrogen (secondary N) is 3. The number of ketones is 4. The van der Waals surface area contributed by atoms with E-state index in [9.17, 15) is 91.6 Å². The maximum absolute atomic E-state index is 13.0. The van der Waals surface area contributed by atoms with E-state index < -0.39 is 155 Å². The van der Waals surface area contributed by atoms with Crippen molar-refractivity contribution in [2.45, 2.75) is 283 Å². The zero-order valence-electron chi connectivity index (χ0n) is 63.1. The van der Waals surface area contributed by atoms with Gasteiger partial charge in [0.2, 0.25) is 29.5 Å². The van der Waals surface area contributed by atoms with Gasteiger partial charge >= 0.3 is 31.7 Å². The Morgan fingerprint density at radius 1 is 0.434 bits per heavy atom. The number of rotatable bonds is 71. The molecule has 2 unspecified atom stereocenters. The molecule has 0 aromatic carbocycles. The van der Waals surface area contributed by atoms with E-state index in [0.29, 0.717) is 24.2 Å². The van der Waals surface area contributed by atoms with Crippen LogP contribution in [0.1, 0.15) is 277 Å². The van der Waals surface area contributed by atoms with Crippen LogP contribution in [0, 0.1) is 0 Å². The van der Waals surface area contributed by atoms with Gasteiger partial charge in [-0.2, -0.15) is 0 Å². The molecule has 1 aliphatic heterocycles. The molecule has 0 spiro atoms. The molecule has 0 fully saturated rings. The highest BCUT2D eigenvalue weighted by Gasteiger charge is 2.28. The van der Waals surface area contributed by atoms with Crippen LogP contribution in [0.4, 0.5) is 0 Å². The van der Waals surface area contributed by atoms with Crippen molar-refractivity contribution in [2.75, 3.05) is 72.2 Å². The molecule has 0 bridgehead atoms. The summed E-state index contributed by atoms with van der Waals surface area (Å²) in [5, 5.41) is 25.8. The van der Waals surface area contributed by atoms with E-state index in [1.807, 2.05) is 0 Å². The third-order valence-corrected chi connectivity index (χ3v) is 18.1. The van der Waals surface area contributed by atoms with E-state index >= 15 is 0 Å². The zero-order chi connectivity index (χ0) is 78.4. The Balaban J connectivity index is 2.48. The van der Waals surface area contributed by atoms with Crippen LogP contribution in [-0.4, -0.2) is 196 Å². The molecule has 1 aliphatic rings. The number of amides is 7. The standard InChI is InChI=1S/C76H123N6O23P/c1-3-5-7-9-11-13-15-17-19-21-23-25-27-29-31-41-75(98)102-59-65(105-76(99)42-32-30-28-26-24-22-20-18-16-14-12-10-8-6-4-2)60-104-106(100,101)103-52-36-39-61(83)37-33-34-40-66(87)78-53-63(85)44-46-69(90)80(57-73(94)95)55-64(86)38-35-50-77-68(89)56-81(58-74(96)97)72(93)54-79-67(88)45-43-62(84)49-51-82-70(91)47-48-71(82)92/h17-20,47-48,65H,3-16,21-46,49-60H2,1-2H3,(H,77,89)(H,78,87)(H,79,88)(H,94,95)(H,96,97)(H,100,101)/b19-17-,20-18-. The maximum Gasteiger partial charge on any atom is 0.472 e. The van der Waals surface area contributed by atoms with Gasteiger partial charge in [-0.05, 0) is 89.9 Å². The van der Waals surface area contributed by atoms with Crippen LogP contribution in [0.25, 0.3) is 0 Å². The molecule has 1 heterocycles. The number of carbonyl (C=O) groups excluding carboxylic acids is 13. The molecule has 0 saturated heterocycles. The first-order chi connectivity index (χ1) is 50.8. The van der Waals surface area contributed by atoms with Gasteiger partial charge in [-0.15, -0.1) is 0 Å². The lowest BCUT2D eigenvalue weighted by atomic mass is 10.1. The molecule has 7 amide bonds. The normalized spacial score (nSPS) is 12.8. The Kier molecular flexibility index (Phi) is 56.8. The monoisotopic (exact) mass is 1520 g/mol. The van der Waals surface area contributed by atoms with Crippen molar-refractivity contribution >= 4 is 96.2 Å². The molecule has 1 rings (SSSR count). The van der Waals surface area contributed by atoms with Gasteiger partial charge < -0.3 is 50.3 Å². The number of hydrogen-bond acceptors (Lipinski definition) is 20. The number of aliphatic carboxylic acids is 2. The smallest absolute Gasteiger partial charge is 0.472 e. The van der Waals surface area contributed by atoms with Crippen molar-refractivity contribution in [2.24, 2.45) is 0 Å². The lowest BCUT2D eigenvalue weighted by Crippen LogP contribution is -2.47. The Hall–Kier alpha value is -7.62. The van der Waals surface area contributed by atoms with Gasteiger partial charge in [-0.25, -0.2) is 4.57 Å². The van der Waals surface area contributed by atoms with E-state index in [1.165, 1.54) is 77.0 Å². The van der Waals surface area contributed by atoms with Crippen LogP contribution < -0.4 is 16.0 Å². The summed E-state index contributed by atoms with van der Waals surface area (Å²) in [4.78, 5) is 198. The van der Waals surface area contributed by atoms with Crippen molar-refractivity contribution in [1.29, 1.82) is 0 Å². The molecule has 0 radical (unpaired) electrons. The molecule has 600 valence electrons. The lowest BCUT2D eigenvalue weighted by molar-refractivity contribution is -0.161. The number of unbranched alkanes of at least 4 members (excludes halogenated alkanes) is 23. The van der Waals surface area contributed by atoms with Gasteiger partial charge in [-0.3, -0.25) is 85.9 Å². The molecule has 29 nitrogen and oxygen atoms in total. The van der Waals surface area contributed by atoms with Crippen LogP contribution in [0.5, 0.6) is 0 Å². The quantitative estimate of drug-likeness (QED) is 0.0108. The predicted molar refractivity (Wildman–Crippen MR) is 395 cm³/mol. The minimum absolute atomic E-state index is 0.0221. The number of ether oxygens (including phenoxy) is 2. The van der Waals surface area contributed by atoms with E-state index in [0.717, 1.165) is 99.0 Å². The Labute approximate surface area is 626 Å². The minimum Gasteiger partial charge on any atom is -0.480 e. The highest BCUT2D eigenvalue weighted by Crippen LogP contribution is 2.43. The fraction of sp³-hybridized carbons (Fsp3) is 0.724. The fourth-order valence-corrected chi connectivity index (χ4v) is 11.7. The van der Waals surface area contributed by atoms with Crippen LogP contribution in [0.2, 0.25) is 0 Å². The third-order valence-electron chi connectivity index (χ3n) is 17.1. The van der Waals surface area contributed by atoms with E-state index in [2.05, 4.69) is 54.1 Å². The second kappa shape index (κ2) is 62.4. The number of phosphoric acid groups is 1. The van der Waals surface area contributed by atoms with E-state index in [-0.39, 0.29) is 109 Å². The van der Waals surface area contributed by atoms with Crippen LogP contribution in [0.3, 0.4) is 0 Å². The third kappa shape index (κ3) is 55.8. The summed E-state index contributed by atoms with van der Waals surface area (Å²) in [5.41, 5.74) is 0. The van der Waals surface area contributed by atoms with Crippen molar-refractivity contribution in [3.05, 3.63) is 36.5 Å². The van der Waals surface area contributed by atoms with Gasteiger partial charge in [0.15, 0.2) is 17.7 Å². The second-order valence-electron chi connectivity index (χ2n) is 26.7. The highest BCUT2D eigenvalue weighted by atomic mass is 31.2. The van der Waals surface area contributed by atoms with Crippen molar-refractivity contribution in [3.8, 4) is 0 Å². The van der Waals surface area contributed by atoms with Crippen LogP contribution in [-0.2, 0) is 95.0 Å². The average Bonchev–Trinajstić information content (AvgIpc) is 1.73. The Morgan fingerprint density at radius 2 is 0.887 bits per heavy atom. The number of imide groups is 1. The largest absolute Gasteiger partial charge is 0.480 e. The number of phosphoric ester groups is 1. The Morgan fingerprint density at radius 3 is 1.44 bits per heavy atom. The van der Waals surface area contributed by atoms with Crippen molar-refractivity contribution < 1.29 is 110 Å². The summed E-state index contributed by atoms with van der Waals surface area (Å²) < 4.78 is 34.2. The number of carboxylic acid groups (broad SMARTS) is 2. The minimum atomic E-state index is -4.72. The summed E-state index contributed by atoms with van der Waals surface area (Å²) in [6.45, 7) is -1.59. The van der Waals surface area contributed by atoms with Crippen molar-refractivity contribution in [3.63, 3.8) is 0 Å². The summed E-state index contributed by atoms with van der Waals surface area (Å²) >= 11 is 0. The average molecular weight is 1520 g/mol. The fourth-order valence-electron chi connectivity index (χ4n) is 10.9. The Bertz CT molecular complexity index is 2830. The number of esters is 2. The van der Waals surface area contributed by atoms with Gasteiger partial charge in [0.1, 0.15) is 37.8 Å². The molecule has 30 heteroatoms. The lowest BCUT2D eigenvalue weighted by Gasteiger charge is -2.21. The number of Topliss-reactive ketones (excluding diaryl/α,β-unsaturated/α-hetero) is 4. The number of nitrogens with zero attached hydrogens (tertiary/aromatic N) is 3. The van der Waals surface area contributed by atoms with Crippen LogP contribution in [0.15, 0.2) is 36.5 Å². The SMILES string of the molecule is CCCCCCCC/C=C\CCCCCCCC(=O)OCC(COP(=O)(O)OCCCC(=O)CCCCC(=O)NCC(=O)CCC(=O)N(CC(=O)O)CC(=O)CCCNC(=O)CN(CC(=O)O)C(=O)CNC(=O)CCC(=O)CCN1C(=O)C=CC1=O)OC(=O)CCCCCCC/C=C\CCCCCCCC. The molecular formula is C76H123N6O23P. The van der Waals surface area contributed by atoms with Crippen molar-refractivity contribution in [1.82, 2.24) is 30.7 Å². The molecule has 106 heavy (non-hydrogen) atoms. The van der Waals surface area contributed by atoms with E-state index in [1.54, 1.807) is 0 Å². The number of carbonyl (C=O) groups is 15.